The van der Waals surface area contributed by atoms with E-state index < -0.39 is 0 Å². The van der Waals surface area contributed by atoms with Gasteiger partial charge in [0.1, 0.15) is 0 Å². The second-order valence-corrected chi connectivity index (χ2v) is 8.58. The Morgan fingerprint density at radius 1 is 1.07 bits per heavy atom. The summed E-state index contributed by atoms with van der Waals surface area (Å²) >= 11 is 1.09. The molecule has 0 saturated heterocycles. The van der Waals surface area contributed by atoms with Crippen LogP contribution in [0.25, 0.3) is 5.69 Å². The molecule has 3 aromatic rings. The molecule has 6 nitrogen and oxygen atoms in total. The summed E-state index contributed by atoms with van der Waals surface area (Å²) in [4.78, 5) is 27.5. The molecular formula is C23H24N4O2S. The number of benzene rings is 2. The number of carbonyl (C=O) groups excluding carboxylic acids is 2. The van der Waals surface area contributed by atoms with Gasteiger partial charge < -0.3 is 10.2 Å². The molecule has 4 rings (SSSR count). The number of amides is 2. The van der Waals surface area contributed by atoms with Crippen molar-refractivity contribution in [3.8, 4) is 5.69 Å². The highest BCUT2D eigenvalue weighted by Gasteiger charge is 2.27. The molecule has 0 aliphatic heterocycles. The van der Waals surface area contributed by atoms with E-state index >= 15 is 0 Å². The van der Waals surface area contributed by atoms with Crippen molar-refractivity contribution >= 4 is 28.6 Å². The van der Waals surface area contributed by atoms with Crippen LogP contribution in [-0.2, 0) is 12.8 Å². The van der Waals surface area contributed by atoms with E-state index in [9.17, 15) is 9.59 Å². The number of thioether (sulfide) groups is 1. The number of carbonyl (C=O) groups is 2. The minimum atomic E-state index is -0.246. The number of aromatic nitrogens is 2. The number of nitrogens with one attached hydrogen (secondary N) is 1. The third kappa shape index (κ3) is 3.98. The quantitative estimate of drug-likeness (QED) is 0.622. The Hall–Kier alpha value is -3.06. The lowest BCUT2D eigenvalue weighted by Gasteiger charge is -2.13. The number of nitrogens with zero attached hydrogens (tertiary/aromatic N) is 3. The van der Waals surface area contributed by atoms with Gasteiger partial charge >= 0.3 is 0 Å². The zero-order valence-electron chi connectivity index (χ0n) is 17.3. The summed E-state index contributed by atoms with van der Waals surface area (Å²) in [5.41, 5.74) is 5.34. The average molecular weight is 421 g/mol. The number of fused-ring (bicyclic) bond motifs is 1. The number of rotatable bonds is 4. The number of hydrogen-bond acceptors (Lipinski definition) is 4. The van der Waals surface area contributed by atoms with Gasteiger partial charge in [0.25, 0.3) is 11.1 Å². The SMILES string of the molecule is Cc1ccc(-n2nc(C(=O)Nc3ccccc3SC(=O)N(C)C)c3c2CCC3)cc1. The monoisotopic (exact) mass is 420 g/mol. The van der Waals surface area contributed by atoms with Gasteiger partial charge in [0, 0.05) is 30.2 Å². The van der Waals surface area contributed by atoms with Crippen LogP contribution in [0.4, 0.5) is 10.5 Å². The van der Waals surface area contributed by atoms with E-state index in [0.29, 0.717) is 16.3 Å². The standard InChI is InChI=1S/C23H24N4O2S/c1-15-11-13-16(14-12-15)27-19-9-6-7-17(19)21(25-27)22(28)24-18-8-4-5-10-20(18)30-23(29)26(2)3/h4-5,8,10-14H,6-7,9H2,1-3H3,(H,24,28). The van der Waals surface area contributed by atoms with E-state index in [4.69, 9.17) is 0 Å². The summed E-state index contributed by atoms with van der Waals surface area (Å²) in [6.45, 7) is 2.05. The number of hydrogen-bond donors (Lipinski definition) is 1. The van der Waals surface area contributed by atoms with Gasteiger partial charge in [-0.15, -0.1) is 0 Å². The lowest BCUT2D eigenvalue weighted by Crippen LogP contribution is -2.18. The zero-order chi connectivity index (χ0) is 21.3. The molecule has 0 unspecified atom stereocenters. The van der Waals surface area contributed by atoms with E-state index in [1.54, 1.807) is 20.2 Å². The van der Waals surface area contributed by atoms with Gasteiger partial charge in [-0.25, -0.2) is 4.68 Å². The molecule has 0 radical (unpaired) electrons. The molecule has 1 N–H and O–H groups in total. The highest BCUT2D eigenvalue weighted by Crippen LogP contribution is 2.31. The zero-order valence-corrected chi connectivity index (χ0v) is 18.1. The van der Waals surface area contributed by atoms with Gasteiger partial charge in [0.2, 0.25) is 0 Å². The van der Waals surface area contributed by atoms with Crippen LogP contribution in [0.5, 0.6) is 0 Å². The molecule has 1 heterocycles. The minimum absolute atomic E-state index is 0.0961. The van der Waals surface area contributed by atoms with Crippen LogP contribution in [0.1, 0.15) is 33.7 Å². The van der Waals surface area contributed by atoms with E-state index in [2.05, 4.69) is 10.4 Å². The highest BCUT2D eigenvalue weighted by atomic mass is 32.2. The number of anilines is 1. The molecule has 0 spiro atoms. The van der Waals surface area contributed by atoms with Crippen LogP contribution in [0.15, 0.2) is 53.4 Å². The molecule has 1 aromatic heterocycles. The summed E-state index contributed by atoms with van der Waals surface area (Å²) in [7, 11) is 3.41. The van der Waals surface area contributed by atoms with Crippen molar-refractivity contribution < 1.29 is 9.59 Å². The van der Waals surface area contributed by atoms with E-state index in [0.717, 1.165) is 48.0 Å². The Labute approximate surface area is 180 Å². The van der Waals surface area contributed by atoms with Gasteiger partial charge in [0.15, 0.2) is 5.69 Å². The Morgan fingerprint density at radius 2 is 1.80 bits per heavy atom. The Morgan fingerprint density at radius 3 is 2.53 bits per heavy atom. The van der Waals surface area contributed by atoms with Gasteiger partial charge in [-0.05, 0) is 62.2 Å². The second kappa shape index (κ2) is 8.36. The molecule has 30 heavy (non-hydrogen) atoms. The number of aryl methyl sites for hydroxylation is 1. The van der Waals surface area contributed by atoms with Crippen molar-refractivity contribution in [1.29, 1.82) is 0 Å². The first-order valence-corrected chi connectivity index (χ1v) is 10.7. The fraction of sp³-hybridized carbons (Fsp3) is 0.261. The highest BCUT2D eigenvalue weighted by molar-refractivity contribution is 8.13. The summed E-state index contributed by atoms with van der Waals surface area (Å²) in [6.07, 6.45) is 2.77. The van der Waals surface area contributed by atoms with Gasteiger partial charge in [0.05, 0.1) is 11.4 Å². The van der Waals surface area contributed by atoms with Gasteiger partial charge in [-0.3, -0.25) is 9.59 Å². The maximum atomic E-state index is 13.2. The van der Waals surface area contributed by atoms with E-state index in [1.807, 2.05) is 54.1 Å². The Kier molecular flexibility index (Phi) is 5.63. The largest absolute Gasteiger partial charge is 0.339 e. The van der Waals surface area contributed by atoms with Crippen LogP contribution in [0.3, 0.4) is 0 Å². The van der Waals surface area contributed by atoms with E-state index in [-0.39, 0.29) is 11.1 Å². The first-order chi connectivity index (χ1) is 14.4. The molecule has 2 amide bonds. The van der Waals surface area contributed by atoms with Crippen molar-refractivity contribution in [3.05, 3.63) is 71.0 Å². The Bertz CT molecular complexity index is 1100. The van der Waals surface area contributed by atoms with Gasteiger partial charge in [-0.2, -0.15) is 5.10 Å². The molecule has 0 bridgehead atoms. The first-order valence-electron chi connectivity index (χ1n) is 9.91. The molecule has 154 valence electrons. The summed E-state index contributed by atoms with van der Waals surface area (Å²) in [5.74, 6) is -0.246. The molecule has 0 saturated carbocycles. The fourth-order valence-electron chi connectivity index (χ4n) is 3.55. The normalized spacial score (nSPS) is 12.5. The predicted octanol–water partition coefficient (Wildman–Crippen LogP) is 4.70. The maximum absolute atomic E-state index is 13.2. The average Bonchev–Trinajstić information content (AvgIpc) is 3.33. The smallest absolute Gasteiger partial charge is 0.286 e. The molecule has 0 fully saturated rings. The first kappa shape index (κ1) is 20.2. The lowest BCUT2D eigenvalue weighted by molar-refractivity contribution is 0.102. The van der Waals surface area contributed by atoms with Crippen molar-refractivity contribution in [2.24, 2.45) is 0 Å². The third-order valence-corrected chi connectivity index (χ3v) is 6.24. The van der Waals surface area contributed by atoms with Crippen molar-refractivity contribution in [3.63, 3.8) is 0 Å². The van der Waals surface area contributed by atoms with E-state index in [1.165, 1.54) is 10.5 Å². The van der Waals surface area contributed by atoms with Crippen molar-refractivity contribution in [2.75, 3.05) is 19.4 Å². The predicted molar refractivity (Wildman–Crippen MR) is 120 cm³/mol. The summed E-state index contributed by atoms with van der Waals surface area (Å²) in [5, 5.41) is 7.54. The van der Waals surface area contributed by atoms with Crippen molar-refractivity contribution in [1.82, 2.24) is 14.7 Å². The second-order valence-electron chi connectivity index (χ2n) is 7.59. The van der Waals surface area contributed by atoms with Crippen LogP contribution in [0, 0.1) is 6.92 Å². The topological polar surface area (TPSA) is 67.2 Å². The molecular weight excluding hydrogens is 396 g/mol. The van der Waals surface area contributed by atoms with Crippen LogP contribution in [-0.4, -0.2) is 39.9 Å². The maximum Gasteiger partial charge on any atom is 0.286 e. The summed E-state index contributed by atoms with van der Waals surface area (Å²) < 4.78 is 1.90. The van der Waals surface area contributed by atoms with Crippen LogP contribution < -0.4 is 5.32 Å². The minimum Gasteiger partial charge on any atom is -0.339 e. The van der Waals surface area contributed by atoms with Crippen molar-refractivity contribution in [2.45, 2.75) is 31.1 Å². The molecule has 0 atom stereocenters. The van der Waals surface area contributed by atoms with Crippen LogP contribution >= 0.6 is 11.8 Å². The molecule has 7 heteroatoms. The molecule has 2 aromatic carbocycles. The molecule has 1 aliphatic carbocycles. The Balaban J connectivity index is 1.63. The molecule has 1 aliphatic rings. The summed E-state index contributed by atoms with van der Waals surface area (Å²) in [6, 6.07) is 15.5. The third-order valence-electron chi connectivity index (χ3n) is 5.12. The number of para-hydroxylation sites is 1. The van der Waals surface area contributed by atoms with Gasteiger partial charge in [-0.1, -0.05) is 29.8 Å². The van der Waals surface area contributed by atoms with Crippen LogP contribution in [0.2, 0.25) is 0 Å². The lowest BCUT2D eigenvalue weighted by atomic mass is 10.2. The fourth-order valence-corrected chi connectivity index (χ4v) is 4.29.